The molecule has 0 spiro atoms. The van der Waals surface area contributed by atoms with E-state index >= 15 is 0 Å². The summed E-state index contributed by atoms with van der Waals surface area (Å²) < 4.78 is 1.13. The first kappa shape index (κ1) is 19.6. The monoisotopic (exact) mass is 400 g/mol. The number of nitrogens with one attached hydrogen (secondary N) is 1. The van der Waals surface area contributed by atoms with Gasteiger partial charge in [0.05, 0.1) is 10.4 Å². The van der Waals surface area contributed by atoms with Gasteiger partial charge in [-0.15, -0.1) is 11.3 Å². The molecule has 1 N–H and O–H groups in total. The van der Waals surface area contributed by atoms with E-state index in [1.54, 1.807) is 11.3 Å². The van der Waals surface area contributed by atoms with E-state index in [0.717, 1.165) is 10.1 Å². The lowest BCUT2D eigenvalue weighted by Gasteiger charge is -2.49. The molecule has 5 heterocycles. The first-order valence-corrected chi connectivity index (χ1v) is 11.4. The molecule has 2 aromatic heterocycles. The molecule has 0 aromatic carbocycles. The second-order valence-electron chi connectivity index (χ2n) is 8.89. The van der Waals surface area contributed by atoms with Crippen molar-refractivity contribution in [3.8, 4) is 0 Å². The van der Waals surface area contributed by atoms with Gasteiger partial charge < -0.3 is 10.2 Å². The van der Waals surface area contributed by atoms with Crippen LogP contribution in [-0.2, 0) is 0 Å². The van der Waals surface area contributed by atoms with Crippen LogP contribution >= 0.6 is 11.3 Å². The summed E-state index contributed by atoms with van der Waals surface area (Å²) in [7, 11) is 0. The molecule has 0 radical (unpaired) electrons. The maximum atomic E-state index is 13.0. The fourth-order valence-electron chi connectivity index (χ4n) is 5.17. The average Bonchev–Trinajstić information content (AvgIpc) is 3.07. The van der Waals surface area contributed by atoms with Gasteiger partial charge in [-0.05, 0) is 72.5 Å². The van der Waals surface area contributed by atoms with Crippen molar-refractivity contribution in [3.05, 3.63) is 23.3 Å². The number of amides is 1. The summed E-state index contributed by atoms with van der Waals surface area (Å²) in [5.41, 5.74) is 1.74. The van der Waals surface area contributed by atoms with Crippen molar-refractivity contribution in [1.82, 2.24) is 15.2 Å². The number of anilines is 1. The Morgan fingerprint density at radius 2 is 1.93 bits per heavy atom. The molecule has 5 rings (SSSR count). The fourth-order valence-corrected chi connectivity index (χ4v) is 6.06. The van der Waals surface area contributed by atoms with E-state index < -0.39 is 0 Å². The quantitative estimate of drug-likeness (QED) is 0.820. The van der Waals surface area contributed by atoms with Crippen LogP contribution in [0.5, 0.6) is 0 Å². The lowest BCUT2D eigenvalue weighted by Crippen LogP contribution is -2.62. The van der Waals surface area contributed by atoms with Gasteiger partial charge in [0.15, 0.2) is 0 Å². The van der Waals surface area contributed by atoms with Crippen LogP contribution in [0.25, 0.3) is 10.1 Å². The zero-order chi connectivity index (χ0) is 20.0. The molecule has 0 saturated carbocycles. The Bertz CT molecular complexity index is 843. The molecule has 0 aliphatic carbocycles. The number of hydrogen-bond acceptors (Lipinski definition) is 5. The normalized spacial score (nSPS) is 27.0. The number of aromatic nitrogens is 1. The van der Waals surface area contributed by atoms with E-state index in [-0.39, 0.29) is 11.9 Å². The third-order valence-electron chi connectivity index (χ3n) is 6.54. The second-order valence-corrected chi connectivity index (χ2v) is 9.81. The van der Waals surface area contributed by atoms with Crippen LogP contribution in [-0.4, -0.2) is 53.0 Å². The van der Waals surface area contributed by atoms with E-state index in [2.05, 4.69) is 60.1 Å². The molecule has 3 aliphatic rings. The van der Waals surface area contributed by atoms with Crippen molar-refractivity contribution in [2.24, 2.45) is 5.92 Å². The summed E-state index contributed by atoms with van der Waals surface area (Å²) in [4.78, 5) is 22.4. The third kappa shape index (κ3) is 3.41. The smallest absolute Gasteiger partial charge is 0.270 e. The zero-order valence-corrected chi connectivity index (χ0v) is 18.4. The Balaban J connectivity index is 1.60. The highest BCUT2D eigenvalue weighted by Gasteiger charge is 2.40. The summed E-state index contributed by atoms with van der Waals surface area (Å²) in [6.07, 6.45) is 4.24. The molecule has 2 bridgehead atoms. The number of nitrogens with zero attached hydrogens (tertiary/aromatic N) is 3. The number of piperidine rings is 3. The van der Waals surface area contributed by atoms with Crippen molar-refractivity contribution in [2.45, 2.75) is 71.6 Å². The number of hydrogen-bond donors (Lipinski definition) is 1. The van der Waals surface area contributed by atoms with Crippen molar-refractivity contribution in [1.29, 1.82) is 0 Å². The van der Waals surface area contributed by atoms with Crippen LogP contribution in [0.1, 0.15) is 57.9 Å². The highest BCUT2D eigenvalue weighted by Crippen LogP contribution is 2.36. The number of rotatable bonds is 5. The van der Waals surface area contributed by atoms with Crippen LogP contribution in [0.3, 0.4) is 0 Å². The number of carbonyl (C=O) groups is 1. The largest absolute Gasteiger partial charge is 0.366 e. The number of carbonyl (C=O) groups excluding carboxylic acids is 1. The van der Waals surface area contributed by atoms with E-state index in [4.69, 9.17) is 0 Å². The average molecular weight is 401 g/mol. The predicted octanol–water partition coefficient (Wildman–Crippen LogP) is 4.13. The highest BCUT2D eigenvalue weighted by molar-refractivity contribution is 7.17. The predicted molar refractivity (Wildman–Crippen MR) is 117 cm³/mol. The molecule has 2 aromatic rings. The van der Waals surface area contributed by atoms with Crippen molar-refractivity contribution < 1.29 is 4.79 Å². The SMILES string of the molecule is CC1C(NC(=O)c2cc3c(N(C(C)C)C(C)C)csc3cn2)C2CCN1CC2. The summed E-state index contributed by atoms with van der Waals surface area (Å²) in [6, 6.07) is 3.43. The minimum atomic E-state index is -0.0368. The standard InChI is InChI=1S/C22H32N4OS/c1-13(2)26(14(3)4)19-12-28-20-11-23-18(10-17(19)20)22(27)24-21-15(5)25-8-6-16(21)7-9-25/h10-16,21H,6-9H2,1-5H3,(H,24,27). The van der Waals surface area contributed by atoms with E-state index in [1.165, 1.54) is 31.6 Å². The number of pyridine rings is 1. The van der Waals surface area contributed by atoms with Crippen molar-refractivity contribution >= 4 is 33.0 Å². The van der Waals surface area contributed by atoms with Gasteiger partial charge in [-0.1, -0.05) is 0 Å². The van der Waals surface area contributed by atoms with Crippen LogP contribution in [0.2, 0.25) is 0 Å². The fraction of sp³-hybridized carbons (Fsp3) is 0.636. The Hall–Kier alpha value is -1.66. The number of thiophene rings is 1. The highest BCUT2D eigenvalue weighted by atomic mass is 32.1. The van der Waals surface area contributed by atoms with E-state index in [0.29, 0.717) is 29.7 Å². The van der Waals surface area contributed by atoms with Crippen molar-refractivity contribution in [2.75, 3.05) is 18.0 Å². The van der Waals surface area contributed by atoms with Gasteiger partial charge >= 0.3 is 0 Å². The maximum absolute atomic E-state index is 13.0. The summed E-state index contributed by atoms with van der Waals surface area (Å²) in [5.74, 6) is 0.562. The van der Waals surface area contributed by atoms with Gasteiger partial charge in [-0.2, -0.15) is 0 Å². The molecule has 3 fully saturated rings. The maximum Gasteiger partial charge on any atom is 0.270 e. The number of fused-ring (bicyclic) bond motifs is 4. The zero-order valence-electron chi connectivity index (χ0n) is 17.6. The van der Waals surface area contributed by atoms with Gasteiger partial charge in [0.2, 0.25) is 0 Å². The Morgan fingerprint density at radius 1 is 1.25 bits per heavy atom. The van der Waals surface area contributed by atoms with Crippen LogP contribution in [0, 0.1) is 5.92 Å². The van der Waals surface area contributed by atoms with E-state index in [9.17, 15) is 4.79 Å². The first-order valence-electron chi connectivity index (χ1n) is 10.6. The molecular weight excluding hydrogens is 368 g/mol. The topological polar surface area (TPSA) is 48.5 Å². The van der Waals surface area contributed by atoms with Gasteiger partial charge in [-0.3, -0.25) is 9.69 Å². The summed E-state index contributed by atoms with van der Waals surface area (Å²) in [5, 5.41) is 6.65. The Labute approximate surface area is 172 Å². The van der Waals surface area contributed by atoms with Gasteiger partial charge in [0.25, 0.3) is 5.91 Å². The van der Waals surface area contributed by atoms with Crippen LogP contribution in [0.4, 0.5) is 5.69 Å². The molecule has 2 unspecified atom stereocenters. The molecular formula is C22H32N4OS. The minimum Gasteiger partial charge on any atom is -0.366 e. The van der Waals surface area contributed by atoms with Gasteiger partial charge in [0, 0.05) is 41.1 Å². The lowest BCUT2D eigenvalue weighted by atomic mass is 9.79. The van der Waals surface area contributed by atoms with Crippen molar-refractivity contribution in [3.63, 3.8) is 0 Å². The third-order valence-corrected chi connectivity index (χ3v) is 7.46. The second kappa shape index (κ2) is 7.64. The first-order chi connectivity index (χ1) is 13.4. The van der Waals surface area contributed by atoms with Crippen LogP contribution in [0.15, 0.2) is 17.6 Å². The Kier molecular flexibility index (Phi) is 5.36. The minimum absolute atomic E-state index is 0.0368. The molecule has 3 saturated heterocycles. The lowest BCUT2D eigenvalue weighted by molar-refractivity contribution is 0.0216. The molecule has 2 atom stereocenters. The summed E-state index contributed by atoms with van der Waals surface area (Å²) >= 11 is 1.70. The Morgan fingerprint density at radius 3 is 2.54 bits per heavy atom. The molecule has 28 heavy (non-hydrogen) atoms. The molecule has 5 nitrogen and oxygen atoms in total. The summed E-state index contributed by atoms with van der Waals surface area (Å²) in [6.45, 7) is 13.4. The molecule has 1 amide bonds. The van der Waals surface area contributed by atoms with Gasteiger partial charge in [-0.25, -0.2) is 4.98 Å². The van der Waals surface area contributed by atoms with E-state index in [1.807, 2.05) is 12.3 Å². The van der Waals surface area contributed by atoms with Gasteiger partial charge in [0.1, 0.15) is 5.69 Å². The molecule has 6 heteroatoms. The molecule has 3 aliphatic heterocycles. The van der Waals surface area contributed by atoms with Crippen LogP contribution < -0.4 is 10.2 Å². The molecule has 152 valence electrons.